The highest BCUT2D eigenvalue weighted by atomic mass is 16.4. The minimum atomic E-state index is -0.656. The lowest BCUT2D eigenvalue weighted by Gasteiger charge is -2.44. The van der Waals surface area contributed by atoms with E-state index in [-0.39, 0.29) is 5.41 Å². The van der Waals surface area contributed by atoms with E-state index in [9.17, 15) is 4.79 Å². The molecule has 1 saturated carbocycles. The van der Waals surface area contributed by atoms with Gasteiger partial charge in [0.25, 0.3) is 0 Å². The number of rotatable bonds is 2. The van der Waals surface area contributed by atoms with Crippen LogP contribution in [0.2, 0.25) is 0 Å². The minimum absolute atomic E-state index is 0.00289. The average molecular weight is 184 g/mol. The Morgan fingerprint density at radius 2 is 1.69 bits per heavy atom. The maximum Gasteiger partial charge on any atom is 0.309 e. The summed E-state index contributed by atoms with van der Waals surface area (Å²) in [6, 6.07) is 0. The molecule has 0 unspecified atom stereocenters. The smallest absolute Gasteiger partial charge is 0.309 e. The lowest BCUT2D eigenvalue weighted by molar-refractivity contribution is -0.156. The Bertz CT molecular complexity index is 200. The molecule has 76 valence electrons. The summed E-state index contributed by atoms with van der Waals surface area (Å²) in [5.74, 6) is -0.656. The van der Waals surface area contributed by atoms with Crippen LogP contribution in [0.15, 0.2) is 0 Å². The van der Waals surface area contributed by atoms with Crippen LogP contribution >= 0.6 is 0 Å². The van der Waals surface area contributed by atoms with Gasteiger partial charge in [0.15, 0.2) is 0 Å². The van der Waals surface area contributed by atoms with E-state index in [2.05, 4.69) is 6.92 Å². The lowest BCUT2D eigenvalue weighted by Crippen LogP contribution is -2.42. The maximum atomic E-state index is 11.1. The van der Waals surface area contributed by atoms with Gasteiger partial charge in [-0.3, -0.25) is 4.79 Å². The van der Waals surface area contributed by atoms with E-state index >= 15 is 0 Å². The van der Waals surface area contributed by atoms with Crippen molar-refractivity contribution in [2.45, 2.75) is 52.9 Å². The maximum absolute atomic E-state index is 11.1. The first-order valence-electron chi connectivity index (χ1n) is 5.13. The Hall–Kier alpha value is -0.530. The number of hydrogen-bond acceptors (Lipinski definition) is 1. The summed E-state index contributed by atoms with van der Waals surface area (Å²) < 4.78 is 0. The molecule has 13 heavy (non-hydrogen) atoms. The Morgan fingerprint density at radius 3 is 2.08 bits per heavy atom. The first-order chi connectivity index (χ1) is 5.90. The van der Waals surface area contributed by atoms with Crippen molar-refractivity contribution in [3.63, 3.8) is 0 Å². The van der Waals surface area contributed by atoms with Crippen molar-refractivity contribution in [3.05, 3.63) is 0 Å². The zero-order valence-electron chi connectivity index (χ0n) is 8.89. The summed E-state index contributed by atoms with van der Waals surface area (Å²) in [7, 11) is 0. The fourth-order valence-corrected chi connectivity index (χ4v) is 2.22. The summed E-state index contributed by atoms with van der Waals surface area (Å²) in [6.07, 6.45) is 5.77. The van der Waals surface area contributed by atoms with Gasteiger partial charge in [0.05, 0.1) is 5.41 Å². The highest BCUT2D eigenvalue weighted by molar-refractivity contribution is 5.74. The molecule has 0 aromatic heterocycles. The fraction of sp³-hybridized carbons (Fsp3) is 0.909. The minimum Gasteiger partial charge on any atom is -0.481 e. The molecule has 0 aromatic rings. The molecule has 1 aliphatic rings. The second-order valence-electron chi connectivity index (χ2n) is 5.05. The predicted octanol–water partition coefficient (Wildman–Crippen LogP) is 3.07. The Balaban J connectivity index is 2.82. The van der Waals surface area contributed by atoms with Gasteiger partial charge in [0.2, 0.25) is 0 Å². The van der Waals surface area contributed by atoms with Crippen molar-refractivity contribution < 1.29 is 9.90 Å². The van der Waals surface area contributed by atoms with Crippen LogP contribution in [0.5, 0.6) is 0 Å². The second-order valence-corrected chi connectivity index (χ2v) is 5.05. The monoisotopic (exact) mass is 184 g/mol. The molecule has 2 nitrogen and oxygen atoms in total. The van der Waals surface area contributed by atoms with Crippen LogP contribution in [0.3, 0.4) is 0 Å². The molecule has 0 aromatic carbocycles. The quantitative estimate of drug-likeness (QED) is 0.716. The van der Waals surface area contributed by atoms with Crippen LogP contribution in [-0.2, 0) is 4.79 Å². The third-order valence-corrected chi connectivity index (χ3v) is 4.00. The van der Waals surface area contributed by atoms with Gasteiger partial charge in [-0.1, -0.05) is 26.2 Å². The van der Waals surface area contributed by atoms with Gasteiger partial charge in [0.1, 0.15) is 0 Å². The number of carbonyl (C=O) groups is 1. The summed E-state index contributed by atoms with van der Waals surface area (Å²) in [4.78, 5) is 11.1. The van der Waals surface area contributed by atoms with E-state index in [0.717, 1.165) is 12.8 Å². The first-order valence-corrected chi connectivity index (χ1v) is 5.13. The normalized spacial score (nSPS) is 22.7. The molecular weight excluding hydrogens is 164 g/mol. The molecule has 1 N–H and O–H groups in total. The van der Waals surface area contributed by atoms with Gasteiger partial charge in [-0.25, -0.2) is 0 Å². The summed E-state index contributed by atoms with van der Waals surface area (Å²) in [5.41, 5.74) is -0.579. The molecule has 0 atom stereocenters. The van der Waals surface area contributed by atoms with Crippen LogP contribution in [0, 0.1) is 10.8 Å². The molecule has 0 spiro atoms. The number of carboxylic acid groups (broad SMARTS) is 1. The van der Waals surface area contributed by atoms with E-state index in [1.807, 2.05) is 13.8 Å². The number of aliphatic carboxylic acids is 1. The van der Waals surface area contributed by atoms with E-state index in [1.54, 1.807) is 0 Å². The van der Waals surface area contributed by atoms with Gasteiger partial charge >= 0.3 is 5.97 Å². The van der Waals surface area contributed by atoms with Crippen molar-refractivity contribution >= 4 is 5.97 Å². The molecule has 2 heteroatoms. The SMILES string of the molecule is CC1(C(C)(C)C(=O)O)CCCCC1. The molecule has 0 heterocycles. The van der Waals surface area contributed by atoms with Gasteiger partial charge in [-0.05, 0) is 32.1 Å². The van der Waals surface area contributed by atoms with Crippen LogP contribution in [0.25, 0.3) is 0 Å². The van der Waals surface area contributed by atoms with Crippen LogP contribution in [0.1, 0.15) is 52.9 Å². The number of carboxylic acids is 1. The van der Waals surface area contributed by atoms with E-state index in [0.29, 0.717) is 0 Å². The van der Waals surface area contributed by atoms with Gasteiger partial charge < -0.3 is 5.11 Å². The van der Waals surface area contributed by atoms with Gasteiger partial charge in [-0.2, -0.15) is 0 Å². The average Bonchev–Trinajstić information content (AvgIpc) is 2.05. The van der Waals surface area contributed by atoms with E-state index in [4.69, 9.17) is 5.11 Å². The summed E-state index contributed by atoms with van der Waals surface area (Å²) in [5, 5.41) is 9.16. The molecule has 1 rings (SSSR count). The van der Waals surface area contributed by atoms with Crippen molar-refractivity contribution in [2.24, 2.45) is 10.8 Å². The highest BCUT2D eigenvalue weighted by Crippen LogP contribution is 2.49. The van der Waals surface area contributed by atoms with Crippen molar-refractivity contribution in [3.8, 4) is 0 Å². The molecular formula is C11H20O2. The van der Waals surface area contributed by atoms with E-state index < -0.39 is 11.4 Å². The highest BCUT2D eigenvalue weighted by Gasteiger charge is 2.46. The zero-order valence-corrected chi connectivity index (χ0v) is 8.89. The van der Waals surface area contributed by atoms with Crippen molar-refractivity contribution in [2.75, 3.05) is 0 Å². The van der Waals surface area contributed by atoms with Crippen LogP contribution in [-0.4, -0.2) is 11.1 Å². The first kappa shape index (κ1) is 10.6. The second kappa shape index (κ2) is 3.32. The van der Waals surface area contributed by atoms with Crippen molar-refractivity contribution in [1.82, 2.24) is 0 Å². The van der Waals surface area contributed by atoms with Crippen LogP contribution < -0.4 is 0 Å². The molecule has 0 bridgehead atoms. The molecule has 0 aliphatic heterocycles. The molecule has 0 amide bonds. The van der Waals surface area contributed by atoms with Gasteiger partial charge in [0, 0.05) is 0 Å². The fourth-order valence-electron chi connectivity index (χ4n) is 2.22. The molecule has 1 aliphatic carbocycles. The third kappa shape index (κ3) is 1.72. The Labute approximate surface area is 80.3 Å². The van der Waals surface area contributed by atoms with Crippen molar-refractivity contribution in [1.29, 1.82) is 0 Å². The molecule has 0 radical (unpaired) electrons. The molecule has 0 saturated heterocycles. The summed E-state index contributed by atoms with van der Waals surface area (Å²) >= 11 is 0. The largest absolute Gasteiger partial charge is 0.481 e. The Kier molecular flexibility index (Phi) is 2.69. The standard InChI is InChI=1S/C11H20O2/c1-10(2,9(12)13)11(3)7-5-4-6-8-11/h4-8H2,1-3H3,(H,12,13). The topological polar surface area (TPSA) is 37.3 Å². The molecule has 1 fully saturated rings. The lowest BCUT2D eigenvalue weighted by atomic mass is 9.60. The van der Waals surface area contributed by atoms with E-state index in [1.165, 1.54) is 19.3 Å². The van der Waals surface area contributed by atoms with Crippen LogP contribution in [0.4, 0.5) is 0 Å². The predicted molar refractivity (Wildman–Crippen MR) is 52.6 cm³/mol. The van der Waals surface area contributed by atoms with Gasteiger partial charge in [-0.15, -0.1) is 0 Å². The number of hydrogen-bond donors (Lipinski definition) is 1. The Morgan fingerprint density at radius 1 is 1.23 bits per heavy atom. The third-order valence-electron chi connectivity index (χ3n) is 4.00. The zero-order chi connectivity index (χ0) is 10.1. The summed E-state index contributed by atoms with van der Waals surface area (Å²) in [6.45, 7) is 5.85.